The van der Waals surface area contributed by atoms with Crippen molar-refractivity contribution >= 4 is 21.6 Å². The average molecular weight is 472 g/mol. The van der Waals surface area contributed by atoms with Gasteiger partial charge in [-0.2, -0.15) is 0 Å². The standard InChI is InChI=1S/C25H33N3O4S/c1-4-27-15-13-21(14-16-27)28(20-8-9-20)25(29)24-17-23(12-5-18(24)2)33(30,31)26-19-6-10-22(32-3)11-7-19/h5-7,10-12,17,20-21,26H,4,8-9,13-16H2,1-3H3. The smallest absolute Gasteiger partial charge is 0.261 e. The number of sulfonamides is 1. The molecule has 1 aliphatic heterocycles. The van der Waals surface area contributed by atoms with Crippen LogP contribution in [-0.4, -0.2) is 63.0 Å². The Hall–Kier alpha value is -2.58. The summed E-state index contributed by atoms with van der Waals surface area (Å²) in [6.07, 6.45) is 3.98. The Morgan fingerprint density at radius 1 is 1.06 bits per heavy atom. The monoisotopic (exact) mass is 471 g/mol. The van der Waals surface area contributed by atoms with Gasteiger partial charge in [0.05, 0.1) is 12.0 Å². The Morgan fingerprint density at radius 2 is 1.70 bits per heavy atom. The maximum absolute atomic E-state index is 13.7. The number of piperidine rings is 1. The van der Waals surface area contributed by atoms with Gasteiger partial charge in [0.2, 0.25) is 0 Å². The average Bonchev–Trinajstić information content (AvgIpc) is 3.65. The van der Waals surface area contributed by atoms with Crippen molar-refractivity contribution in [1.82, 2.24) is 9.80 Å². The Morgan fingerprint density at radius 3 is 2.27 bits per heavy atom. The number of likely N-dealkylation sites (tertiary alicyclic amines) is 1. The molecule has 1 aliphatic carbocycles. The third-order valence-corrected chi connectivity index (χ3v) is 8.04. The van der Waals surface area contributed by atoms with Gasteiger partial charge in [0.15, 0.2) is 0 Å². The maximum atomic E-state index is 13.7. The molecular weight excluding hydrogens is 438 g/mol. The zero-order valence-electron chi connectivity index (χ0n) is 19.6. The second-order valence-corrected chi connectivity index (χ2v) is 10.6. The molecular formula is C25H33N3O4S. The van der Waals surface area contributed by atoms with E-state index in [-0.39, 0.29) is 22.9 Å². The number of hydrogen-bond acceptors (Lipinski definition) is 5. The van der Waals surface area contributed by atoms with Gasteiger partial charge in [-0.3, -0.25) is 9.52 Å². The summed E-state index contributed by atoms with van der Waals surface area (Å²) < 4.78 is 33.8. The number of carbonyl (C=O) groups is 1. The highest BCUT2D eigenvalue weighted by atomic mass is 32.2. The van der Waals surface area contributed by atoms with Crippen LogP contribution in [0.3, 0.4) is 0 Å². The minimum Gasteiger partial charge on any atom is -0.497 e. The van der Waals surface area contributed by atoms with Crippen LogP contribution in [0.4, 0.5) is 5.69 Å². The fourth-order valence-electron chi connectivity index (χ4n) is 4.51. The number of anilines is 1. The van der Waals surface area contributed by atoms with Gasteiger partial charge in [-0.15, -0.1) is 0 Å². The van der Waals surface area contributed by atoms with Crippen LogP contribution in [0.25, 0.3) is 0 Å². The van der Waals surface area contributed by atoms with E-state index in [0.29, 0.717) is 17.0 Å². The van der Waals surface area contributed by atoms with Crippen molar-refractivity contribution in [3.05, 3.63) is 53.6 Å². The minimum absolute atomic E-state index is 0.0496. The normalized spacial score (nSPS) is 17.5. The Bertz CT molecular complexity index is 1090. The Labute approximate surface area is 196 Å². The first kappa shape index (κ1) is 23.6. The molecule has 0 bridgehead atoms. The first-order valence-electron chi connectivity index (χ1n) is 11.6. The number of methoxy groups -OCH3 is 1. The molecule has 1 amide bonds. The molecule has 0 radical (unpaired) electrons. The van der Waals surface area contributed by atoms with Crippen LogP contribution < -0.4 is 9.46 Å². The van der Waals surface area contributed by atoms with Crippen molar-refractivity contribution in [2.75, 3.05) is 31.5 Å². The molecule has 2 aliphatic rings. The van der Waals surface area contributed by atoms with Crippen LogP contribution in [0.15, 0.2) is 47.4 Å². The molecule has 1 saturated carbocycles. The lowest BCUT2D eigenvalue weighted by atomic mass is 10.00. The van der Waals surface area contributed by atoms with Crippen molar-refractivity contribution in [2.24, 2.45) is 0 Å². The van der Waals surface area contributed by atoms with E-state index < -0.39 is 10.0 Å². The number of nitrogens with zero attached hydrogens (tertiary/aromatic N) is 2. The number of aryl methyl sites for hydroxylation is 1. The van der Waals surface area contributed by atoms with E-state index in [0.717, 1.165) is 50.9 Å². The molecule has 4 rings (SSSR count). The van der Waals surface area contributed by atoms with Crippen LogP contribution in [0.1, 0.15) is 48.5 Å². The quantitative estimate of drug-likeness (QED) is 0.632. The largest absolute Gasteiger partial charge is 0.497 e. The van der Waals surface area contributed by atoms with Gasteiger partial charge in [0.1, 0.15) is 5.75 Å². The molecule has 178 valence electrons. The summed E-state index contributed by atoms with van der Waals surface area (Å²) in [5.74, 6) is 0.595. The Balaban J connectivity index is 1.57. The van der Waals surface area contributed by atoms with Gasteiger partial charge in [0, 0.05) is 36.4 Å². The second-order valence-electron chi connectivity index (χ2n) is 8.92. The fourth-order valence-corrected chi connectivity index (χ4v) is 5.59. The number of ether oxygens (including phenoxy) is 1. The van der Waals surface area contributed by atoms with Crippen molar-refractivity contribution in [2.45, 2.75) is 56.5 Å². The first-order chi connectivity index (χ1) is 15.8. The van der Waals surface area contributed by atoms with Crippen molar-refractivity contribution < 1.29 is 17.9 Å². The van der Waals surface area contributed by atoms with Crippen molar-refractivity contribution in [1.29, 1.82) is 0 Å². The summed E-state index contributed by atoms with van der Waals surface area (Å²) in [5, 5.41) is 0. The van der Waals surface area contributed by atoms with Crippen molar-refractivity contribution in [3.8, 4) is 5.75 Å². The highest BCUT2D eigenvalue weighted by Gasteiger charge is 2.39. The number of benzene rings is 2. The van der Waals surface area contributed by atoms with Crippen LogP contribution in [0.2, 0.25) is 0 Å². The summed E-state index contributed by atoms with van der Waals surface area (Å²) in [6.45, 7) is 7.06. The molecule has 0 atom stereocenters. The zero-order valence-corrected chi connectivity index (χ0v) is 20.4. The third kappa shape index (κ3) is 5.33. The molecule has 7 nitrogen and oxygen atoms in total. The molecule has 33 heavy (non-hydrogen) atoms. The molecule has 2 aromatic carbocycles. The molecule has 1 saturated heterocycles. The van der Waals surface area contributed by atoms with E-state index >= 15 is 0 Å². The second kappa shape index (κ2) is 9.73. The SMILES string of the molecule is CCN1CCC(N(C(=O)c2cc(S(=O)(=O)Nc3ccc(OC)cc3)ccc2C)C2CC2)CC1. The van der Waals surface area contributed by atoms with Crippen LogP contribution in [0, 0.1) is 6.92 Å². The van der Waals surface area contributed by atoms with Crippen LogP contribution >= 0.6 is 0 Å². The molecule has 0 aromatic heterocycles. The molecule has 1 heterocycles. The molecule has 1 N–H and O–H groups in total. The highest BCUT2D eigenvalue weighted by molar-refractivity contribution is 7.92. The zero-order chi connectivity index (χ0) is 23.6. The van der Waals surface area contributed by atoms with E-state index in [1.807, 2.05) is 11.8 Å². The number of nitrogens with one attached hydrogen (secondary N) is 1. The Kier molecular flexibility index (Phi) is 6.95. The van der Waals surface area contributed by atoms with Gasteiger partial charge in [-0.05, 0) is 81.1 Å². The minimum atomic E-state index is -3.84. The lowest BCUT2D eigenvalue weighted by Gasteiger charge is -2.38. The third-order valence-electron chi connectivity index (χ3n) is 6.66. The number of hydrogen-bond donors (Lipinski definition) is 1. The van der Waals surface area contributed by atoms with Crippen LogP contribution in [-0.2, 0) is 10.0 Å². The molecule has 2 fully saturated rings. The summed E-state index contributed by atoms with van der Waals surface area (Å²) >= 11 is 0. The van der Waals surface area contributed by atoms with Crippen LogP contribution in [0.5, 0.6) is 5.75 Å². The predicted octanol–water partition coefficient (Wildman–Crippen LogP) is 3.89. The summed E-state index contributed by atoms with van der Waals surface area (Å²) in [6, 6.07) is 12.0. The molecule has 0 unspecified atom stereocenters. The van der Waals surface area contributed by atoms with Gasteiger partial charge < -0.3 is 14.5 Å². The maximum Gasteiger partial charge on any atom is 0.261 e. The first-order valence-corrected chi connectivity index (χ1v) is 13.1. The van der Waals surface area contributed by atoms with E-state index in [9.17, 15) is 13.2 Å². The molecule has 8 heteroatoms. The number of carbonyl (C=O) groups excluding carboxylic acids is 1. The van der Waals surface area contributed by atoms with Gasteiger partial charge in [-0.1, -0.05) is 13.0 Å². The highest BCUT2D eigenvalue weighted by Crippen LogP contribution is 2.34. The van der Waals surface area contributed by atoms with Crippen molar-refractivity contribution in [3.63, 3.8) is 0 Å². The van der Waals surface area contributed by atoms with E-state index in [1.54, 1.807) is 43.5 Å². The number of amides is 1. The van der Waals surface area contributed by atoms with E-state index in [4.69, 9.17) is 4.74 Å². The fraction of sp³-hybridized carbons (Fsp3) is 0.480. The predicted molar refractivity (Wildman–Crippen MR) is 129 cm³/mol. The van der Waals surface area contributed by atoms with E-state index in [1.165, 1.54) is 6.07 Å². The van der Waals surface area contributed by atoms with Gasteiger partial charge >= 0.3 is 0 Å². The lowest BCUT2D eigenvalue weighted by molar-refractivity contribution is 0.0553. The summed E-state index contributed by atoms with van der Waals surface area (Å²) in [4.78, 5) is 18.2. The summed E-state index contributed by atoms with van der Waals surface area (Å²) in [7, 11) is -2.28. The molecule has 2 aromatic rings. The van der Waals surface area contributed by atoms with E-state index in [2.05, 4.69) is 16.5 Å². The van der Waals surface area contributed by atoms with Gasteiger partial charge in [-0.25, -0.2) is 8.42 Å². The lowest BCUT2D eigenvalue weighted by Crippen LogP contribution is -2.48. The number of rotatable bonds is 8. The van der Waals surface area contributed by atoms with Gasteiger partial charge in [0.25, 0.3) is 15.9 Å². The summed E-state index contributed by atoms with van der Waals surface area (Å²) in [5.41, 5.74) is 1.70. The molecule has 0 spiro atoms. The topological polar surface area (TPSA) is 79.0 Å².